The highest BCUT2D eigenvalue weighted by Crippen LogP contribution is 2.42. The molecule has 11 heteroatoms. The van der Waals surface area contributed by atoms with Crippen LogP contribution in [0.2, 0.25) is 5.02 Å². The molecule has 2 N–H and O–H groups in total. The summed E-state index contributed by atoms with van der Waals surface area (Å²) in [7, 11) is 3.03. The molecule has 0 atom stereocenters. The Labute approximate surface area is 228 Å². The predicted molar refractivity (Wildman–Crippen MR) is 149 cm³/mol. The molecule has 3 heterocycles. The number of amides is 1. The first kappa shape index (κ1) is 25.5. The van der Waals surface area contributed by atoms with Crippen molar-refractivity contribution in [3.05, 3.63) is 75.8 Å². The summed E-state index contributed by atoms with van der Waals surface area (Å²) in [4.78, 5) is 36.3. The number of anilines is 5. The standard InChI is InChI=1S/C27H24ClN5O4S/c1-15-21(23(25(34)36-3)38-22(15)16-7-5-4-6-8-16)31-24-19(28)14-29-26(32-24)30-18-9-10-20-17(13-18)11-12-37-27(35)33(20)2/h4-10,13-14H,11-12H2,1-3H3,(H2,29,30,31,32). The zero-order valence-corrected chi connectivity index (χ0v) is 22.4. The van der Waals surface area contributed by atoms with Crippen LogP contribution in [0.15, 0.2) is 54.7 Å². The Kier molecular flexibility index (Phi) is 7.17. The third-order valence-electron chi connectivity index (χ3n) is 6.11. The third kappa shape index (κ3) is 5.00. The number of thiophene rings is 1. The molecule has 0 aliphatic carbocycles. The Morgan fingerprint density at radius 1 is 1.18 bits per heavy atom. The Bertz CT molecular complexity index is 1530. The van der Waals surface area contributed by atoms with Gasteiger partial charge in [-0.2, -0.15) is 4.98 Å². The first-order valence-corrected chi connectivity index (χ1v) is 12.9. The number of hydrogen-bond donors (Lipinski definition) is 2. The molecule has 194 valence electrons. The normalized spacial score (nSPS) is 12.8. The van der Waals surface area contributed by atoms with Gasteiger partial charge in [-0.15, -0.1) is 11.3 Å². The SMILES string of the molecule is COC(=O)c1sc(-c2ccccc2)c(C)c1Nc1nc(Nc2ccc3c(c2)CCOC(=O)N3C)ncc1Cl. The summed E-state index contributed by atoms with van der Waals surface area (Å²) in [5.41, 5.74) is 4.93. The van der Waals surface area contributed by atoms with Gasteiger partial charge in [-0.25, -0.2) is 14.6 Å². The van der Waals surface area contributed by atoms with E-state index >= 15 is 0 Å². The Balaban J connectivity index is 1.46. The van der Waals surface area contributed by atoms with Crippen molar-refractivity contribution in [2.75, 3.05) is 36.3 Å². The molecule has 0 spiro atoms. The summed E-state index contributed by atoms with van der Waals surface area (Å²) in [6.07, 6.45) is 1.69. The number of methoxy groups -OCH3 is 1. The maximum absolute atomic E-state index is 12.6. The molecule has 2 aromatic carbocycles. The van der Waals surface area contributed by atoms with Gasteiger partial charge in [-0.05, 0) is 41.8 Å². The van der Waals surface area contributed by atoms with E-state index in [1.807, 2.05) is 55.5 Å². The van der Waals surface area contributed by atoms with E-state index < -0.39 is 5.97 Å². The first-order valence-electron chi connectivity index (χ1n) is 11.7. The van der Waals surface area contributed by atoms with E-state index in [2.05, 4.69) is 20.6 Å². The van der Waals surface area contributed by atoms with Crippen LogP contribution in [0.5, 0.6) is 0 Å². The van der Waals surface area contributed by atoms with E-state index in [-0.39, 0.29) is 11.1 Å². The number of esters is 1. The van der Waals surface area contributed by atoms with Crippen molar-refractivity contribution < 1.29 is 19.1 Å². The molecule has 1 aliphatic rings. The monoisotopic (exact) mass is 549 g/mol. The molecule has 4 aromatic rings. The van der Waals surface area contributed by atoms with E-state index in [4.69, 9.17) is 21.1 Å². The summed E-state index contributed by atoms with van der Waals surface area (Å²) >= 11 is 7.80. The molecule has 1 amide bonds. The number of halogens is 1. The van der Waals surface area contributed by atoms with Gasteiger partial charge in [0.05, 0.1) is 31.3 Å². The number of carbonyl (C=O) groups is 2. The fourth-order valence-electron chi connectivity index (χ4n) is 4.16. The van der Waals surface area contributed by atoms with E-state index in [1.165, 1.54) is 29.5 Å². The van der Waals surface area contributed by atoms with Crippen molar-refractivity contribution in [1.82, 2.24) is 9.97 Å². The van der Waals surface area contributed by atoms with Crippen molar-refractivity contribution in [2.45, 2.75) is 13.3 Å². The second-order valence-electron chi connectivity index (χ2n) is 8.52. The van der Waals surface area contributed by atoms with Crippen molar-refractivity contribution in [1.29, 1.82) is 0 Å². The van der Waals surface area contributed by atoms with Crippen LogP contribution in [-0.4, -0.2) is 42.8 Å². The molecular weight excluding hydrogens is 526 g/mol. The second kappa shape index (κ2) is 10.7. The smallest absolute Gasteiger partial charge is 0.414 e. The van der Waals surface area contributed by atoms with Gasteiger partial charge in [0.2, 0.25) is 5.95 Å². The lowest BCUT2D eigenvalue weighted by atomic mass is 10.1. The Hall–Kier alpha value is -4.15. The van der Waals surface area contributed by atoms with Crippen LogP contribution in [-0.2, 0) is 15.9 Å². The summed E-state index contributed by atoms with van der Waals surface area (Å²) in [6.45, 7) is 2.24. The van der Waals surface area contributed by atoms with Crippen LogP contribution in [0.3, 0.4) is 0 Å². The van der Waals surface area contributed by atoms with Crippen LogP contribution in [0, 0.1) is 6.92 Å². The van der Waals surface area contributed by atoms with Gasteiger partial charge in [0.25, 0.3) is 0 Å². The third-order valence-corrected chi connectivity index (χ3v) is 7.71. The van der Waals surface area contributed by atoms with E-state index in [9.17, 15) is 9.59 Å². The molecule has 1 aliphatic heterocycles. The minimum absolute atomic E-state index is 0.289. The number of aromatic nitrogens is 2. The van der Waals surface area contributed by atoms with Gasteiger partial charge in [0, 0.05) is 24.0 Å². The fourth-order valence-corrected chi connectivity index (χ4v) is 5.49. The Morgan fingerprint density at radius 3 is 2.74 bits per heavy atom. The maximum atomic E-state index is 12.6. The number of hydrogen-bond acceptors (Lipinski definition) is 9. The van der Waals surface area contributed by atoms with Gasteiger partial charge in [0.1, 0.15) is 9.90 Å². The van der Waals surface area contributed by atoms with Gasteiger partial charge < -0.3 is 20.1 Å². The second-order valence-corrected chi connectivity index (χ2v) is 9.95. The highest BCUT2D eigenvalue weighted by atomic mass is 35.5. The molecule has 38 heavy (non-hydrogen) atoms. The highest BCUT2D eigenvalue weighted by Gasteiger charge is 2.24. The van der Waals surface area contributed by atoms with Crippen LogP contribution in [0.25, 0.3) is 10.4 Å². The Morgan fingerprint density at radius 2 is 1.97 bits per heavy atom. The van der Waals surface area contributed by atoms with Gasteiger partial charge in [-0.3, -0.25) is 4.90 Å². The quantitative estimate of drug-likeness (QED) is 0.260. The average Bonchev–Trinajstić information content (AvgIpc) is 3.18. The number of ether oxygens (including phenoxy) is 2. The largest absolute Gasteiger partial charge is 0.465 e. The summed E-state index contributed by atoms with van der Waals surface area (Å²) < 4.78 is 10.2. The molecule has 0 bridgehead atoms. The zero-order chi connectivity index (χ0) is 26.8. The zero-order valence-electron chi connectivity index (χ0n) is 20.9. The number of benzene rings is 2. The minimum atomic E-state index is -0.455. The van der Waals surface area contributed by atoms with Gasteiger partial charge in [0.15, 0.2) is 5.82 Å². The van der Waals surface area contributed by atoms with Gasteiger partial charge >= 0.3 is 12.1 Å². The average molecular weight is 550 g/mol. The van der Waals surface area contributed by atoms with Gasteiger partial charge in [-0.1, -0.05) is 41.9 Å². The van der Waals surface area contributed by atoms with Crippen LogP contribution >= 0.6 is 22.9 Å². The molecule has 2 aromatic heterocycles. The lowest BCUT2D eigenvalue weighted by Gasteiger charge is -2.17. The fraction of sp³-hybridized carbons (Fsp3) is 0.185. The lowest BCUT2D eigenvalue weighted by molar-refractivity contribution is 0.0607. The maximum Gasteiger partial charge on any atom is 0.414 e. The van der Waals surface area contributed by atoms with E-state index in [1.54, 1.807) is 7.05 Å². The number of rotatable bonds is 6. The lowest BCUT2D eigenvalue weighted by Crippen LogP contribution is -2.25. The van der Waals surface area contributed by atoms with Crippen molar-refractivity contribution >= 4 is 63.8 Å². The molecule has 0 radical (unpaired) electrons. The van der Waals surface area contributed by atoms with Crippen molar-refractivity contribution in [3.8, 4) is 10.4 Å². The number of cyclic esters (lactones) is 1. The highest BCUT2D eigenvalue weighted by molar-refractivity contribution is 7.18. The predicted octanol–water partition coefficient (Wildman–Crippen LogP) is 6.57. The summed E-state index contributed by atoms with van der Waals surface area (Å²) in [5, 5.41) is 6.72. The first-order chi connectivity index (χ1) is 18.4. The number of nitrogens with one attached hydrogen (secondary N) is 2. The molecule has 5 rings (SSSR count). The van der Waals surface area contributed by atoms with Crippen LogP contribution in [0.1, 0.15) is 20.8 Å². The van der Waals surface area contributed by atoms with Crippen LogP contribution in [0.4, 0.5) is 33.6 Å². The van der Waals surface area contributed by atoms with E-state index in [0.717, 1.165) is 32.9 Å². The summed E-state index contributed by atoms with van der Waals surface area (Å²) in [6, 6.07) is 15.4. The van der Waals surface area contributed by atoms with Crippen molar-refractivity contribution in [3.63, 3.8) is 0 Å². The number of fused-ring (bicyclic) bond motifs is 1. The van der Waals surface area contributed by atoms with E-state index in [0.29, 0.717) is 35.4 Å². The minimum Gasteiger partial charge on any atom is -0.465 e. The number of carbonyl (C=O) groups excluding carboxylic acids is 2. The van der Waals surface area contributed by atoms with Crippen LogP contribution < -0.4 is 15.5 Å². The molecular formula is C27H24ClN5O4S. The molecule has 0 saturated carbocycles. The topological polar surface area (TPSA) is 106 Å². The molecule has 0 unspecified atom stereocenters. The summed E-state index contributed by atoms with van der Waals surface area (Å²) in [5.74, 6) is 0.189. The van der Waals surface area contributed by atoms with Crippen molar-refractivity contribution in [2.24, 2.45) is 0 Å². The number of nitrogens with zero attached hydrogens (tertiary/aromatic N) is 3. The molecule has 0 fully saturated rings. The molecule has 9 nitrogen and oxygen atoms in total. The molecule has 0 saturated heterocycles.